The molecule has 32 heavy (non-hydrogen) atoms. The van der Waals surface area contributed by atoms with Crippen molar-refractivity contribution in [1.29, 1.82) is 0 Å². The minimum absolute atomic E-state index is 0.0657. The van der Waals surface area contributed by atoms with Gasteiger partial charge in [-0.25, -0.2) is 4.39 Å². The van der Waals surface area contributed by atoms with Gasteiger partial charge in [0.2, 0.25) is 0 Å². The Labute approximate surface area is 190 Å². The Morgan fingerprint density at radius 3 is 2.50 bits per heavy atom. The van der Waals surface area contributed by atoms with E-state index in [2.05, 4.69) is 5.32 Å². The number of halogens is 2. The van der Waals surface area contributed by atoms with Gasteiger partial charge in [-0.1, -0.05) is 11.6 Å². The molecule has 1 aliphatic heterocycles. The molecule has 0 aliphatic carbocycles. The van der Waals surface area contributed by atoms with Crippen molar-refractivity contribution in [1.82, 2.24) is 5.32 Å². The lowest BCUT2D eigenvalue weighted by Gasteiger charge is -2.28. The lowest BCUT2D eigenvalue weighted by molar-refractivity contribution is -0.384. The molecule has 3 aromatic rings. The fraction of sp³-hybridized carbons (Fsp3) is 0. The maximum atomic E-state index is 13.5. The minimum atomic E-state index is -0.741. The average Bonchev–Trinajstić information content (AvgIpc) is 3.22. The number of rotatable bonds is 4. The summed E-state index contributed by atoms with van der Waals surface area (Å²) in [7, 11) is 0. The van der Waals surface area contributed by atoms with Gasteiger partial charge in [0.15, 0.2) is 5.11 Å². The number of anilines is 1. The van der Waals surface area contributed by atoms with Crippen molar-refractivity contribution < 1.29 is 23.3 Å². The second-order valence-electron chi connectivity index (χ2n) is 6.56. The van der Waals surface area contributed by atoms with E-state index in [-0.39, 0.29) is 32.8 Å². The molecule has 8 nitrogen and oxygen atoms in total. The summed E-state index contributed by atoms with van der Waals surface area (Å²) in [6.45, 7) is 0. The second kappa shape index (κ2) is 8.33. The van der Waals surface area contributed by atoms with E-state index in [4.69, 9.17) is 28.2 Å². The summed E-state index contributed by atoms with van der Waals surface area (Å²) in [4.78, 5) is 36.7. The number of amides is 2. The zero-order chi connectivity index (χ0) is 23.0. The molecule has 0 atom stereocenters. The highest BCUT2D eigenvalue weighted by Crippen LogP contribution is 2.28. The van der Waals surface area contributed by atoms with E-state index in [0.717, 1.165) is 11.0 Å². The van der Waals surface area contributed by atoms with Crippen LogP contribution in [0.5, 0.6) is 0 Å². The fourth-order valence-corrected chi connectivity index (χ4v) is 3.45. The molecule has 160 valence electrons. The van der Waals surface area contributed by atoms with Gasteiger partial charge >= 0.3 is 0 Å². The number of carbonyl (C=O) groups excluding carboxylic acids is 2. The Morgan fingerprint density at radius 2 is 1.84 bits per heavy atom. The third-order valence-electron chi connectivity index (χ3n) is 4.54. The number of hydrogen-bond donors (Lipinski definition) is 1. The monoisotopic (exact) mass is 471 g/mol. The number of hydrogen-bond acceptors (Lipinski definition) is 6. The first-order valence-electron chi connectivity index (χ1n) is 8.96. The van der Waals surface area contributed by atoms with Crippen LogP contribution >= 0.6 is 23.8 Å². The predicted molar refractivity (Wildman–Crippen MR) is 118 cm³/mol. The van der Waals surface area contributed by atoms with Crippen molar-refractivity contribution in [2.45, 2.75) is 0 Å². The highest BCUT2D eigenvalue weighted by molar-refractivity contribution is 7.80. The van der Waals surface area contributed by atoms with Crippen LogP contribution in [0.4, 0.5) is 15.8 Å². The molecule has 0 saturated carbocycles. The number of nitrogens with zero attached hydrogens (tertiary/aromatic N) is 2. The Bertz CT molecular complexity index is 1320. The fourth-order valence-electron chi connectivity index (χ4n) is 2.99. The number of non-ortho nitro benzene ring substituents is 1. The van der Waals surface area contributed by atoms with E-state index in [1.807, 2.05) is 0 Å². The molecule has 11 heteroatoms. The van der Waals surface area contributed by atoms with Crippen LogP contribution in [0.3, 0.4) is 0 Å². The van der Waals surface area contributed by atoms with Gasteiger partial charge in [0.25, 0.3) is 17.5 Å². The minimum Gasteiger partial charge on any atom is -0.457 e. The van der Waals surface area contributed by atoms with Gasteiger partial charge in [-0.2, -0.15) is 0 Å². The van der Waals surface area contributed by atoms with Crippen LogP contribution in [0.2, 0.25) is 5.02 Å². The predicted octanol–water partition coefficient (Wildman–Crippen LogP) is 4.48. The van der Waals surface area contributed by atoms with E-state index in [9.17, 15) is 24.1 Å². The largest absolute Gasteiger partial charge is 0.457 e. The van der Waals surface area contributed by atoms with Crippen molar-refractivity contribution in [3.05, 3.63) is 86.9 Å². The molecule has 2 amide bonds. The summed E-state index contributed by atoms with van der Waals surface area (Å²) in [6, 6.07) is 12.4. The van der Waals surface area contributed by atoms with Gasteiger partial charge in [-0.05, 0) is 60.8 Å². The molecule has 0 bridgehead atoms. The van der Waals surface area contributed by atoms with Crippen LogP contribution in [0.15, 0.2) is 64.6 Å². The van der Waals surface area contributed by atoms with Crippen molar-refractivity contribution in [2.75, 3.05) is 4.90 Å². The molecule has 2 heterocycles. The third-order valence-corrected chi connectivity index (χ3v) is 5.11. The average molecular weight is 472 g/mol. The quantitative estimate of drug-likeness (QED) is 0.198. The van der Waals surface area contributed by atoms with Crippen LogP contribution in [0, 0.1) is 15.9 Å². The molecule has 2 aromatic carbocycles. The molecule has 1 aliphatic rings. The van der Waals surface area contributed by atoms with Gasteiger partial charge < -0.3 is 4.42 Å². The summed E-state index contributed by atoms with van der Waals surface area (Å²) in [5.74, 6) is -1.55. The van der Waals surface area contributed by atoms with E-state index < -0.39 is 22.6 Å². The molecule has 0 spiro atoms. The molecule has 1 N–H and O–H groups in total. The van der Waals surface area contributed by atoms with Crippen molar-refractivity contribution in [3.63, 3.8) is 0 Å². The van der Waals surface area contributed by atoms with Gasteiger partial charge in [0.1, 0.15) is 22.9 Å². The number of carbonyl (C=O) groups is 2. The van der Waals surface area contributed by atoms with Crippen molar-refractivity contribution >= 4 is 58.2 Å². The molecule has 1 saturated heterocycles. The summed E-state index contributed by atoms with van der Waals surface area (Å²) < 4.78 is 19.2. The zero-order valence-electron chi connectivity index (χ0n) is 15.9. The Kier molecular flexibility index (Phi) is 5.56. The van der Waals surface area contributed by atoms with E-state index in [0.29, 0.717) is 11.3 Å². The maximum Gasteiger partial charge on any atom is 0.270 e. The molecular formula is C21H11ClFN3O5S. The highest BCUT2D eigenvalue weighted by Gasteiger charge is 2.35. The molecule has 4 rings (SSSR count). The van der Waals surface area contributed by atoms with Gasteiger partial charge in [0.05, 0.1) is 15.6 Å². The summed E-state index contributed by atoms with van der Waals surface area (Å²) in [5, 5.41) is 12.8. The van der Waals surface area contributed by atoms with Crippen LogP contribution < -0.4 is 10.2 Å². The van der Waals surface area contributed by atoms with Crippen LogP contribution in [0.1, 0.15) is 5.76 Å². The number of thiocarbonyl (C=S) groups is 1. The smallest absolute Gasteiger partial charge is 0.270 e. The summed E-state index contributed by atoms with van der Waals surface area (Å²) >= 11 is 10.9. The zero-order valence-corrected chi connectivity index (χ0v) is 17.4. The van der Waals surface area contributed by atoms with Gasteiger partial charge in [0, 0.05) is 17.7 Å². The normalized spacial score (nSPS) is 15.2. The summed E-state index contributed by atoms with van der Waals surface area (Å²) in [5.41, 5.74) is 0.430. The van der Waals surface area contributed by atoms with Crippen LogP contribution in [0.25, 0.3) is 17.4 Å². The third kappa shape index (κ3) is 4.01. The topological polar surface area (TPSA) is 106 Å². The van der Waals surface area contributed by atoms with Gasteiger partial charge in [-0.3, -0.25) is 29.9 Å². The summed E-state index contributed by atoms with van der Waals surface area (Å²) in [6.07, 6.45) is 1.24. The van der Waals surface area contributed by atoms with E-state index in [1.54, 1.807) is 6.07 Å². The number of nitro benzene ring substituents is 1. The van der Waals surface area contributed by atoms with Gasteiger partial charge in [-0.15, -0.1) is 0 Å². The number of furan rings is 1. The maximum absolute atomic E-state index is 13.5. The van der Waals surface area contributed by atoms with Crippen molar-refractivity contribution in [3.8, 4) is 11.3 Å². The Hall–Kier alpha value is -3.89. The Balaban J connectivity index is 1.65. The highest BCUT2D eigenvalue weighted by atomic mass is 35.5. The first kappa shape index (κ1) is 21.3. The number of benzene rings is 2. The van der Waals surface area contributed by atoms with Crippen LogP contribution in [-0.2, 0) is 9.59 Å². The molecule has 1 fully saturated rings. The van der Waals surface area contributed by atoms with Crippen LogP contribution in [-0.4, -0.2) is 21.9 Å². The first-order valence-corrected chi connectivity index (χ1v) is 9.74. The lowest BCUT2D eigenvalue weighted by atomic mass is 10.1. The first-order chi connectivity index (χ1) is 15.2. The lowest BCUT2D eigenvalue weighted by Crippen LogP contribution is -2.54. The van der Waals surface area contributed by atoms with E-state index >= 15 is 0 Å². The SMILES string of the molecule is O=C1NC(=S)N(c2ccc(F)c(Cl)c2)C(=O)/C1=C\c1ccc(-c2ccc([N+](=O)[O-])cc2)o1. The van der Waals surface area contributed by atoms with E-state index in [1.165, 1.54) is 48.5 Å². The molecular weight excluding hydrogens is 461 g/mol. The standard InChI is InChI=1S/C21H11ClFN3O5S/c22-16-9-13(5-7-17(16)23)25-20(28)15(19(27)24-21(25)32)10-14-6-8-18(31-14)11-1-3-12(4-2-11)26(29)30/h1-10H,(H,24,27,32)/b15-10-. The number of nitro groups is 1. The molecule has 0 unspecified atom stereocenters. The van der Waals surface area contributed by atoms with Crippen molar-refractivity contribution in [2.24, 2.45) is 0 Å². The Morgan fingerprint density at radius 1 is 1.12 bits per heavy atom. The molecule has 0 radical (unpaired) electrons. The molecule has 1 aromatic heterocycles. The second-order valence-corrected chi connectivity index (χ2v) is 7.36. The number of nitrogens with one attached hydrogen (secondary N) is 1.